The zero-order valence-electron chi connectivity index (χ0n) is 9.14. The highest BCUT2D eigenvalue weighted by molar-refractivity contribution is 5.17. The van der Waals surface area contributed by atoms with Gasteiger partial charge in [0, 0.05) is 6.61 Å². The molecule has 0 spiro atoms. The van der Waals surface area contributed by atoms with Crippen molar-refractivity contribution < 1.29 is 5.11 Å². The summed E-state index contributed by atoms with van der Waals surface area (Å²) in [6.07, 6.45) is 7.02. The highest BCUT2D eigenvalue weighted by Crippen LogP contribution is 2.45. The maximum atomic E-state index is 8.71. The third-order valence-corrected chi connectivity index (χ3v) is 3.71. The van der Waals surface area contributed by atoms with Gasteiger partial charge in [-0.1, -0.05) is 31.9 Å². The van der Waals surface area contributed by atoms with Gasteiger partial charge in [0.15, 0.2) is 0 Å². The van der Waals surface area contributed by atoms with Gasteiger partial charge in [-0.15, -0.1) is 0 Å². The Kier molecular flexibility index (Phi) is 3.55. The maximum Gasteiger partial charge on any atom is 0.0431 e. The van der Waals surface area contributed by atoms with E-state index in [1.54, 1.807) is 5.57 Å². The summed E-state index contributed by atoms with van der Waals surface area (Å²) in [7, 11) is 0. The summed E-state index contributed by atoms with van der Waals surface area (Å²) in [4.78, 5) is 0. The lowest BCUT2D eigenvalue weighted by atomic mass is 9.75. The first kappa shape index (κ1) is 10.8. The lowest BCUT2D eigenvalue weighted by Gasteiger charge is -2.29. The van der Waals surface area contributed by atoms with Crippen LogP contribution in [0.15, 0.2) is 11.6 Å². The van der Waals surface area contributed by atoms with E-state index < -0.39 is 0 Å². The Morgan fingerprint density at radius 1 is 1.46 bits per heavy atom. The highest BCUT2D eigenvalue weighted by atomic mass is 16.2. The van der Waals surface area contributed by atoms with Crippen molar-refractivity contribution >= 4 is 0 Å². The second-order valence-corrected chi connectivity index (χ2v) is 4.76. The molecular weight excluding hydrogens is 160 g/mol. The van der Waals surface area contributed by atoms with Crippen molar-refractivity contribution in [3.63, 3.8) is 0 Å². The average molecular weight is 182 g/mol. The van der Waals surface area contributed by atoms with Gasteiger partial charge < -0.3 is 5.11 Å². The molecule has 76 valence electrons. The molecule has 0 heterocycles. The van der Waals surface area contributed by atoms with Crippen molar-refractivity contribution in [3.05, 3.63) is 11.6 Å². The SMILES string of the molecule is CC1=CCC(CCCCO)C1(C)C. The molecule has 13 heavy (non-hydrogen) atoms. The Morgan fingerprint density at radius 2 is 2.15 bits per heavy atom. The Hall–Kier alpha value is -0.300. The zero-order chi connectivity index (χ0) is 9.90. The molecule has 0 amide bonds. The Balaban J connectivity index is 2.38. The summed E-state index contributed by atoms with van der Waals surface area (Å²) in [5.41, 5.74) is 1.94. The van der Waals surface area contributed by atoms with E-state index >= 15 is 0 Å². The first-order valence-electron chi connectivity index (χ1n) is 5.37. The van der Waals surface area contributed by atoms with Gasteiger partial charge in [-0.2, -0.15) is 0 Å². The minimum atomic E-state index is 0.347. The predicted molar refractivity (Wildman–Crippen MR) is 56.6 cm³/mol. The molecule has 0 aliphatic heterocycles. The number of aliphatic hydroxyl groups is 1. The van der Waals surface area contributed by atoms with Crippen LogP contribution in [0.1, 0.15) is 46.5 Å². The van der Waals surface area contributed by atoms with E-state index in [1.807, 2.05) is 0 Å². The molecule has 1 aliphatic rings. The van der Waals surface area contributed by atoms with E-state index in [9.17, 15) is 0 Å². The number of hydrogen-bond acceptors (Lipinski definition) is 1. The summed E-state index contributed by atoms with van der Waals surface area (Å²) in [6, 6.07) is 0. The number of hydrogen-bond donors (Lipinski definition) is 1. The number of rotatable bonds is 4. The minimum Gasteiger partial charge on any atom is -0.396 e. The molecule has 1 nitrogen and oxygen atoms in total. The Bertz CT molecular complexity index is 191. The van der Waals surface area contributed by atoms with Crippen LogP contribution >= 0.6 is 0 Å². The van der Waals surface area contributed by atoms with E-state index in [0.29, 0.717) is 12.0 Å². The Morgan fingerprint density at radius 3 is 2.62 bits per heavy atom. The van der Waals surface area contributed by atoms with E-state index in [1.165, 1.54) is 19.3 Å². The summed E-state index contributed by atoms with van der Waals surface area (Å²) < 4.78 is 0. The van der Waals surface area contributed by atoms with Gasteiger partial charge in [0.05, 0.1) is 0 Å². The molecule has 1 N–H and O–H groups in total. The summed E-state index contributed by atoms with van der Waals surface area (Å²) in [5, 5.41) is 8.71. The molecule has 1 aliphatic carbocycles. The van der Waals surface area contributed by atoms with Crippen LogP contribution in [0.4, 0.5) is 0 Å². The molecule has 0 saturated heterocycles. The average Bonchev–Trinajstić information content (AvgIpc) is 2.32. The van der Waals surface area contributed by atoms with Crippen molar-refractivity contribution in [2.45, 2.75) is 46.5 Å². The molecule has 0 aromatic carbocycles. The molecule has 0 aromatic rings. The number of unbranched alkanes of at least 4 members (excludes halogenated alkanes) is 1. The van der Waals surface area contributed by atoms with Crippen molar-refractivity contribution in [3.8, 4) is 0 Å². The molecule has 1 rings (SSSR count). The van der Waals surface area contributed by atoms with E-state index in [-0.39, 0.29) is 0 Å². The fourth-order valence-electron chi connectivity index (χ4n) is 2.18. The van der Waals surface area contributed by atoms with Gasteiger partial charge in [0.25, 0.3) is 0 Å². The molecule has 0 radical (unpaired) electrons. The van der Waals surface area contributed by atoms with Crippen molar-refractivity contribution in [1.82, 2.24) is 0 Å². The molecule has 1 heteroatoms. The first-order chi connectivity index (χ1) is 6.09. The van der Waals surface area contributed by atoms with Gasteiger partial charge >= 0.3 is 0 Å². The Labute approximate surface area is 81.9 Å². The van der Waals surface area contributed by atoms with E-state index in [0.717, 1.165) is 12.3 Å². The molecule has 0 saturated carbocycles. The molecule has 1 unspecified atom stereocenters. The second-order valence-electron chi connectivity index (χ2n) is 4.76. The quantitative estimate of drug-likeness (QED) is 0.523. The summed E-state index contributed by atoms with van der Waals surface area (Å²) in [6.45, 7) is 7.27. The maximum absolute atomic E-state index is 8.71. The number of aliphatic hydroxyl groups excluding tert-OH is 1. The summed E-state index contributed by atoms with van der Waals surface area (Å²) in [5.74, 6) is 0.805. The van der Waals surface area contributed by atoms with Crippen molar-refractivity contribution in [2.75, 3.05) is 6.61 Å². The van der Waals surface area contributed by atoms with Gasteiger partial charge in [0.2, 0.25) is 0 Å². The second kappa shape index (κ2) is 4.28. The third kappa shape index (κ3) is 2.34. The van der Waals surface area contributed by atoms with Crippen molar-refractivity contribution in [1.29, 1.82) is 0 Å². The fraction of sp³-hybridized carbons (Fsp3) is 0.833. The first-order valence-corrected chi connectivity index (χ1v) is 5.37. The lowest BCUT2D eigenvalue weighted by Crippen LogP contribution is -2.20. The van der Waals surface area contributed by atoms with Crippen LogP contribution < -0.4 is 0 Å². The van der Waals surface area contributed by atoms with Gasteiger partial charge in [0.1, 0.15) is 0 Å². The van der Waals surface area contributed by atoms with Crippen LogP contribution in [0, 0.1) is 11.3 Å². The molecular formula is C12H22O. The van der Waals surface area contributed by atoms with Crippen LogP contribution in [0.5, 0.6) is 0 Å². The normalized spacial score (nSPS) is 26.2. The largest absolute Gasteiger partial charge is 0.396 e. The van der Waals surface area contributed by atoms with Crippen LogP contribution in [-0.2, 0) is 0 Å². The smallest absolute Gasteiger partial charge is 0.0431 e. The third-order valence-electron chi connectivity index (χ3n) is 3.71. The van der Waals surface area contributed by atoms with E-state index in [4.69, 9.17) is 5.11 Å². The van der Waals surface area contributed by atoms with Crippen LogP contribution in [0.3, 0.4) is 0 Å². The minimum absolute atomic E-state index is 0.347. The van der Waals surface area contributed by atoms with Crippen LogP contribution in [0.25, 0.3) is 0 Å². The van der Waals surface area contributed by atoms with Crippen LogP contribution in [-0.4, -0.2) is 11.7 Å². The highest BCUT2D eigenvalue weighted by Gasteiger charge is 2.33. The summed E-state index contributed by atoms with van der Waals surface area (Å²) >= 11 is 0. The van der Waals surface area contributed by atoms with Gasteiger partial charge in [-0.25, -0.2) is 0 Å². The molecule has 0 bridgehead atoms. The molecule has 0 aromatic heterocycles. The predicted octanol–water partition coefficient (Wildman–Crippen LogP) is 3.14. The van der Waals surface area contributed by atoms with Crippen molar-refractivity contribution in [2.24, 2.45) is 11.3 Å². The monoisotopic (exact) mass is 182 g/mol. The standard InChI is InChI=1S/C12H22O/c1-10-7-8-11(12(10,2)3)6-4-5-9-13/h7,11,13H,4-6,8-9H2,1-3H3. The van der Waals surface area contributed by atoms with Gasteiger partial charge in [-0.3, -0.25) is 0 Å². The molecule has 0 fully saturated rings. The van der Waals surface area contributed by atoms with E-state index in [2.05, 4.69) is 26.8 Å². The number of allylic oxidation sites excluding steroid dienone is 2. The zero-order valence-corrected chi connectivity index (χ0v) is 9.14. The van der Waals surface area contributed by atoms with Crippen LogP contribution in [0.2, 0.25) is 0 Å². The molecule has 1 atom stereocenters. The topological polar surface area (TPSA) is 20.2 Å². The van der Waals surface area contributed by atoms with Gasteiger partial charge in [-0.05, 0) is 37.5 Å². The fourth-order valence-corrected chi connectivity index (χ4v) is 2.18. The lowest BCUT2D eigenvalue weighted by molar-refractivity contribution is 0.244.